The minimum Gasteiger partial charge on any atom is -0.496 e. The number of para-hydroxylation sites is 1. The van der Waals surface area contributed by atoms with Gasteiger partial charge in [0.1, 0.15) is 17.8 Å². The van der Waals surface area contributed by atoms with E-state index in [1.165, 1.54) is 11.8 Å². The van der Waals surface area contributed by atoms with Crippen LogP contribution in [0.15, 0.2) is 41.0 Å². The van der Waals surface area contributed by atoms with Crippen molar-refractivity contribution >= 4 is 5.91 Å². The van der Waals surface area contributed by atoms with Crippen LogP contribution in [0.1, 0.15) is 21.7 Å². The molecule has 1 fully saturated rings. The highest BCUT2D eigenvalue weighted by Crippen LogP contribution is 2.20. The van der Waals surface area contributed by atoms with Gasteiger partial charge in [-0.05, 0) is 12.1 Å². The number of ether oxygens (including phenoxy) is 1. The third-order valence-electron chi connectivity index (χ3n) is 4.35. The van der Waals surface area contributed by atoms with Crippen LogP contribution < -0.4 is 10.5 Å². The molecule has 2 N–H and O–H groups in total. The van der Waals surface area contributed by atoms with Crippen LogP contribution in [0.25, 0.3) is 0 Å². The Morgan fingerprint density at radius 1 is 1.25 bits per heavy atom. The Balaban J connectivity index is 1.56. The lowest BCUT2D eigenvalue weighted by atomic mass is 10.1. The van der Waals surface area contributed by atoms with Gasteiger partial charge < -0.3 is 19.8 Å². The second kappa shape index (κ2) is 7.51. The van der Waals surface area contributed by atoms with E-state index >= 15 is 0 Å². The Morgan fingerprint density at radius 3 is 2.67 bits per heavy atom. The molecule has 6 nitrogen and oxygen atoms in total. The van der Waals surface area contributed by atoms with E-state index in [0.717, 1.165) is 25.4 Å². The number of rotatable bonds is 5. The van der Waals surface area contributed by atoms with E-state index < -0.39 is 0 Å². The van der Waals surface area contributed by atoms with Crippen molar-refractivity contribution in [3.8, 4) is 5.75 Å². The summed E-state index contributed by atoms with van der Waals surface area (Å²) >= 11 is 0. The molecular formula is C18H23N3O3. The fourth-order valence-electron chi connectivity index (χ4n) is 2.97. The van der Waals surface area contributed by atoms with Crippen LogP contribution in [0.3, 0.4) is 0 Å². The summed E-state index contributed by atoms with van der Waals surface area (Å²) in [7, 11) is 1.69. The summed E-state index contributed by atoms with van der Waals surface area (Å²) in [5.74, 6) is 1.55. The summed E-state index contributed by atoms with van der Waals surface area (Å²) in [6, 6.07) is 9.77. The van der Waals surface area contributed by atoms with Crippen molar-refractivity contribution in [2.24, 2.45) is 5.73 Å². The molecule has 128 valence electrons. The summed E-state index contributed by atoms with van der Waals surface area (Å²) in [6.07, 6.45) is 1.49. The van der Waals surface area contributed by atoms with Crippen LogP contribution >= 0.6 is 0 Å². The standard InChI is InChI=1S/C18H23N3O3/c1-23-17-5-3-2-4-14(17)12-20-6-8-21(9-7-20)18(22)15-10-16(11-19)24-13-15/h2-5,10,13H,6-9,11-12,19H2,1H3. The Labute approximate surface area is 141 Å². The Morgan fingerprint density at radius 2 is 2.00 bits per heavy atom. The van der Waals surface area contributed by atoms with Crippen LogP contribution in [0, 0.1) is 0 Å². The average molecular weight is 329 g/mol. The zero-order chi connectivity index (χ0) is 16.9. The smallest absolute Gasteiger partial charge is 0.257 e. The number of piperazine rings is 1. The lowest BCUT2D eigenvalue weighted by molar-refractivity contribution is 0.0626. The topological polar surface area (TPSA) is 71.9 Å². The molecule has 6 heteroatoms. The number of methoxy groups -OCH3 is 1. The van der Waals surface area contributed by atoms with Gasteiger partial charge in [-0.1, -0.05) is 18.2 Å². The molecule has 0 bridgehead atoms. The molecule has 1 aromatic carbocycles. The summed E-state index contributed by atoms with van der Waals surface area (Å²) in [6.45, 7) is 4.22. The van der Waals surface area contributed by atoms with Crippen molar-refractivity contribution in [3.63, 3.8) is 0 Å². The zero-order valence-corrected chi connectivity index (χ0v) is 13.9. The Hall–Kier alpha value is -2.31. The van der Waals surface area contributed by atoms with Crippen molar-refractivity contribution in [2.45, 2.75) is 13.1 Å². The van der Waals surface area contributed by atoms with E-state index in [1.54, 1.807) is 13.2 Å². The maximum Gasteiger partial charge on any atom is 0.257 e. The number of hydrogen-bond donors (Lipinski definition) is 1. The van der Waals surface area contributed by atoms with Crippen molar-refractivity contribution in [2.75, 3.05) is 33.3 Å². The SMILES string of the molecule is COc1ccccc1CN1CCN(C(=O)c2coc(CN)c2)CC1. The summed E-state index contributed by atoms with van der Waals surface area (Å²) < 4.78 is 10.7. The molecule has 0 saturated carbocycles. The van der Waals surface area contributed by atoms with Gasteiger partial charge >= 0.3 is 0 Å². The molecule has 0 unspecified atom stereocenters. The number of nitrogens with zero attached hydrogens (tertiary/aromatic N) is 2. The maximum atomic E-state index is 12.5. The molecule has 1 aliphatic rings. The molecule has 1 amide bonds. The molecule has 1 saturated heterocycles. The van der Waals surface area contributed by atoms with Crippen LogP contribution in [0.2, 0.25) is 0 Å². The Bertz CT molecular complexity index is 690. The number of carbonyl (C=O) groups is 1. The fraction of sp³-hybridized carbons (Fsp3) is 0.389. The maximum absolute atomic E-state index is 12.5. The van der Waals surface area contributed by atoms with Gasteiger partial charge in [-0.25, -0.2) is 0 Å². The summed E-state index contributed by atoms with van der Waals surface area (Å²) in [5, 5.41) is 0. The van der Waals surface area contributed by atoms with Gasteiger partial charge in [0.2, 0.25) is 0 Å². The molecule has 0 aliphatic carbocycles. The number of furan rings is 1. The minimum absolute atomic E-state index is 0.00962. The molecule has 1 aromatic heterocycles. The molecular weight excluding hydrogens is 306 g/mol. The first-order chi connectivity index (χ1) is 11.7. The normalized spacial score (nSPS) is 15.5. The van der Waals surface area contributed by atoms with E-state index in [9.17, 15) is 4.79 Å². The highest BCUT2D eigenvalue weighted by atomic mass is 16.5. The lowest BCUT2D eigenvalue weighted by Crippen LogP contribution is -2.48. The van der Waals surface area contributed by atoms with Crippen LogP contribution in [-0.4, -0.2) is 49.0 Å². The van der Waals surface area contributed by atoms with Gasteiger partial charge in [-0.15, -0.1) is 0 Å². The average Bonchev–Trinajstić information content (AvgIpc) is 3.11. The third-order valence-corrected chi connectivity index (χ3v) is 4.35. The first-order valence-electron chi connectivity index (χ1n) is 8.12. The van der Waals surface area contributed by atoms with Gasteiger partial charge in [-0.2, -0.15) is 0 Å². The van der Waals surface area contributed by atoms with Gasteiger partial charge in [0.15, 0.2) is 0 Å². The van der Waals surface area contributed by atoms with Crippen molar-refractivity contribution in [1.29, 1.82) is 0 Å². The molecule has 2 heterocycles. The monoisotopic (exact) mass is 329 g/mol. The molecule has 2 aromatic rings. The van der Waals surface area contributed by atoms with Crippen LogP contribution in [-0.2, 0) is 13.1 Å². The lowest BCUT2D eigenvalue weighted by Gasteiger charge is -2.34. The largest absolute Gasteiger partial charge is 0.496 e. The van der Waals surface area contributed by atoms with E-state index in [2.05, 4.69) is 11.0 Å². The number of amides is 1. The summed E-state index contributed by atoms with van der Waals surface area (Å²) in [5.41, 5.74) is 7.27. The number of benzene rings is 1. The van der Waals surface area contributed by atoms with E-state index in [-0.39, 0.29) is 5.91 Å². The second-order valence-corrected chi connectivity index (χ2v) is 5.89. The molecule has 24 heavy (non-hydrogen) atoms. The zero-order valence-electron chi connectivity index (χ0n) is 13.9. The number of hydrogen-bond acceptors (Lipinski definition) is 5. The predicted octanol–water partition coefficient (Wildman–Crippen LogP) is 1.70. The van der Waals surface area contributed by atoms with E-state index in [0.29, 0.717) is 31.0 Å². The third kappa shape index (κ3) is 3.60. The van der Waals surface area contributed by atoms with Gasteiger partial charge in [-0.3, -0.25) is 9.69 Å². The quantitative estimate of drug-likeness (QED) is 0.904. The first kappa shape index (κ1) is 16.5. The van der Waals surface area contributed by atoms with Crippen molar-refractivity contribution in [1.82, 2.24) is 9.80 Å². The number of nitrogens with two attached hydrogens (primary N) is 1. The molecule has 0 atom stereocenters. The van der Waals surface area contributed by atoms with Crippen LogP contribution in [0.4, 0.5) is 0 Å². The molecule has 0 radical (unpaired) electrons. The molecule has 3 rings (SSSR count). The highest BCUT2D eigenvalue weighted by Gasteiger charge is 2.23. The van der Waals surface area contributed by atoms with Crippen LogP contribution in [0.5, 0.6) is 5.75 Å². The Kier molecular flexibility index (Phi) is 5.17. The minimum atomic E-state index is 0.00962. The van der Waals surface area contributed by atoms with Gasteiger partial charge in [0.05, 0.1) is 19.2 Å². The number of carbonyl (C=O) groups excluding carboxylic acids is 1. The first-order valence-corrected chi connectivity index (χ1v) is 8.12. The molecule has 1 aliphatic heterocycles. The van der Waals surface area contributed by atoms with E-state index in [1.807, 2.05) is 23.1 Å². The van der Waals surface area contributed by atoms with Gasteiger partial charge in [0, 0.05) is 38.3 Å². The van der Waals surface area contributed by atoms with Crippen molar-refractivity contribution < 1.29 is 13.9 Å². The van der Waals surface area contributed by atoms with Crippen molar-refractivity contribution in [3.05, 3.63) is 53.5 Å². The highest BCUT2D eigenvalue weighted by molar-refractivity contribution is 5.94. The molecule has 0 spiro atoms. The van der Waals surface area contributed by atoms with E-state index in [4.69, 9.17) is 14.9 Å². The fourth-order valence-corrected chi connectivity index (χ4v) is 2.97. The predicted molar refractivity (Wildman–Crippen MR) is 90.8 cm³/mol. The van der Waals surface area contributed by atoms with Gasteiger partial charge in [0.25, 0.3) is 5.91 Å². The summed E-state index contributed by atoms with van der Waals surface area (Å²) in [4.78, 5) is 16.7. The second-order valence-electron chi connectivity index (χ2n) is 5.89.